The number of carbonyl (C=O) groups excluding carboxylic acids is 1. The number of hydrogen-bond acceptors (Lipinski definition) is 8. The number of para-hydroxylation sites is 1. The Kier molecular flexibility index (Phi) is 9.54. The van der Waals surface area contributed by atoms with E-state index in [1.807, 2.05) is 60.6 Å². The monoisotopic (exact) mass is 564 g/mol. The Morgan fingerprint density at radius 2 is 2.00 bits per heavy atom. The van der Waals surface area contributed by atoms with E-state index in [1.165, 1.54) is 0 Å². The molecule has 3 atom stereocenters. The predicted molar refractivity (Wildman–Crippen MR) is 155 cm³/mol. The van der Waals surface area contributed by atoms with E-state index in [1.54, 1.807) is 27.1 Å². The summed E-state index contributed by atoms with van der Waals surface area (Å²) in [5.41, 5.74) is 12.4. The van der Waals surface area contributed by atoms with Crippen LogP contribution in [0, 0.1) is 12.5 Å². The van der Waals surface area contributed by atoms with Crippen LogP contribution in [0.5, 0.6) is 11.5 Å². The summed E-state index contributed by atoms with van der Waals surface area (Å²) in [4.78, 5) is 13.4. The van der Waals surface area contributed by atoms with Crippen molar-refractivity contribution in [2.24, 2.45) is 5.11 Å². The highest BCUT2D eigenvalue weighted by molar-refractivity contribution is 7.82. The number of anilines is 1. The number of methoxy groups -OCH3 is 1. The van der Waals surface area contributed by atoms with Crippen LogP contribution in [0.3, 0.4) is 0 Å². The molecule has 0 aliphatic carbocycles. The minimum Gasteiger partial charge on any atom is -0.494 e. The molecule has 10 heteroatoms. The lowest BCUT2D eigenvalue weighted by Crippen LogP contribution is -2.32. The third-order valence-corrected chi connectivity index (χ3v) is 8.42. The lowest BCUT2D eigenvalue weighted by atomic mass is 9.86. The molecule has 0 amide bonds. The zero-order valence-corrected chi connectivity index (χ0v) is 24.3. The van der Waals surface area contributed by atoms with Gasteiger partial charge in [0.15, 0.2) is 0 Å². The van der Waals surface area contributed by atoms with Gasteiger partial charge in [-0.05, 0) is 67.3 Å². The van der Waals surface area contributed by atoms with Gasteiger partial charge in [-0.15, -0.1) is 0 Å². The second kappa shape index (κ2) is 13.1. The van der Waals surface area contributed by atoms with E-state index in [-0.39, 0.29) is 31.0 Å². The molecule has 4 rings (SSSR count). The van der Waals surface area contributed by atoms with Gasteiger partial charge in [-0.2, -0.15) is 5.11 Å². The van der Waals surface area contributed by atoms with Gasteiger partial charge in [0.25, 0.3) is 0 Å². The van der Waals surface area contributed by atoms with Gasteiger partial charge in [-0.1, -0.05) is 30.3 Å². The summed E-state index contributed by atoms with van der Waals surface area (Å²) in [7, 11) is 1.90. The fourth-order valence-corrected chi connectivity index (χ4v) is 6.33. The molecule has 0 saturated carbocycles. The molecular weight excluding hydrogens is 528 g/mol. The molecule has 0 fully saturated rings. The maximum atomic E-state index is 13.6. The van der Waals surface area contributed by atoms with Crippen molar-refractivity contribution in [2.75, 3.05) is 32.6 Å². The van der Waals surface area contributed by atoms with Crippen molar-refractivity contribution < 1.29 is 23.2 Å². The minimum absolute atomic E-state index is 0.101. The van der Waals surface area contributed by atoms with Crippen LogP contribution in [0.15, 0.2) is 64.6 Å². The van der Waals surface area contributed by atoms with Gasteiger partial charge in [0.2, 0.25) is 0 Å². The van der Waals surface area contributed by atoms with Crippen LogP contribution in [0.4, 0.5) is 11.4 Å². The average Bonchev–Trinajstić information content (AvgIpc) is 3.07. The molecule has 0 radical (unpaired) electrons. The van der Waals surface area contributed by atoms with E-state index in [0.717, 1.165) is 22.3 Å². The summed E-state index contributed by atoms with van der Waals surface area (Å²) >= 11 is 0. The number of rotatable bonds is 10. The average molecular weight is 565 g/mol. The topological polar surface area (TPSA) is 113 Å². The molecule has 0 saturated heterocycles. The summed E-state index contributed by atoms with van der Waals surface area (Å²) in [6, 6.07) is 17.2. The molecule has 0 bridgehead atoms. The normalized spacial score (nSPS) is 17.6. The quantitative estimate of drug-likeness (QED) is 0.227. The van der Waals surface area contributed by atoms with Gasteiger partial charge < -0.3 is 19.5 Å². The first-order chi connectivity index (χ1) is 19.3. The second-order valence-corrected chi connectivity index (χ2v) is 11.1. The number of esters is 1. The molecule has 3 aromatic rings. The molecular formula is C30H36N4O5S. The molecule has 9 nitrogen and oxygen atoms in total. The molecule has 2 N–H and O–H groups in total. The maximum absolute atomic E-state index is 13.6. The van der Waals surface area contributed by atoms with E-state index in [4.69, 9.17) is 19.7 Å². The van der Waals surface area contributed by atoms with Crippen molar-refractivity contribution in [1.29, 1.82) is 5.53 Å². The van der Waals surface area contributed by atoms with Crippen LogP contribution in [-0.4, -0.2) is 47.9 Å². The van der Waals surface area contributed by atoms with E-state index >= 15 is 0 Å². The SMILES string of the molecule is CCOC(=O)CC(c1ccc(C)c(CN2CC(C)Oc3ccccc3S2=O)c1)c1cc(N=N)c(NC)c(OC)c1. The van der Waals surface area contributed by atoms with E-state index in [0.29, 0.717) is 40.9 Å². The van der Waals surface area contributed by atoms with Gasteiger partial charge in [0.05, 0.1) is 25.0 Å². The third-order valence-electron chi connectivity index (χ3n) is 6.96. The molecule has 1 heterocycles. The first kappa shape index (κ1) is 29.2. The maximum Gasteiger partial charge on any atom is 0.306 e. The standard InChI is InChI=1S/C30H36N4O5S/c1-6-38-29(35)16-24(22-14-25(33-31)30(32-4)27(15-22)37-5)21-12-11-19(2)23(13-21)18-34-17-20(3)39-26-9-7-8-10-28(26)40(34)36/h7-15,20,24,31-32H,6,16-18H2,1-5H3. The molecule has 3 aromatic carbocycles. The van der Waals surface area contributed by atoms with Gasteiger partial charge in [0, 0.05) is 26.1 Å². The number of ether oxygens (including phenoxy) is 3. The smallest absolute Gasteiger partial charge is 0.306 e. The summed E-state index contributed by atoms with van der Waals surface area (Å²) < 4.78 is 32.5. The number of benzene rings is 3. The highest BCUT2D eigenvalue weighted by Gasteiger charge is 2.28. The molecule has 40 heavy (non-hydrogen) atoms. The molecule has 1 aliphatic rings. The van der Waals surface area contributed by atoms with Crippen molar-refractivity contribution in [1.82, 2.24) is 4.31 Å². The largest absolute Gasteiger partial charge is 0.494 e. The Labute approximate surface area is 237 Å². The zero-order chi connectivity index (χ0) is 28.8. The van der Waals surface area contributed by atoms with Crippen molar-refractivity contribution >= 4 is 28.3 Å². The number of nitrogens with zero attached hydrogens (tertiary/aromatic N) is 2. The van der Waals surface area contributed by atoms with Crippen LogP contribution in [0.1, 0.15) is 48.4 Å². The van der Waals surface area contributed by atoms with Gasteiger partial charge >= 0.3 is 5.97 Å². The fourth-order valence-electron chi connectivity index (χ4n) is 4.97. The van der Waals surface area contributed by atoms with Crippen LogP contribution in [0.25, 0.3) is 0 Å². The number of fused-ring (bicyclic) bond motifs is 1. The van der Waals surface area contributed by atoms with Gasteiger partial charge in [-0.25, -0.2) is 14.0 Å². The summed E-state index contributed by atoms with van der Waals surface area (Å²) in [6.07, 6.45) is -0.0400. The number of nitrogens with one attached hydrogen (secondary N) is 2. The molecule has 3 unspecified atom stereocenters. The Morgan fingerprint density at radius 1 is 1.23 bits per heavy atom. The lowest BCUT2D eigenvalue weighted by molar-refractivity contribution is -0.143. The van der Waals surface area contributed by atoms with Gasteiger partial charge in [-0.3, -0.25) is 4.79 Å². The summed E-state index contributed by atoms with van der Waals surface area (Å²) in [6.45, 7) is 6.99. The third kappa shape index (κ3) is 6.34. The van der Waals surface area contributed by atoms with Crippen LogP contribution < -0.4 is 14.8 Å². The van der Waals surface area contributed by atoms with Crippen molar-refractivity contribution in [3.8, 4) is 11.5 Å². The van der Waals surface area contributed by atoms with Crippen molar-refractivity contribution in [3.05, 3.63) is 76.9 Å². The minimum atomic E-state index is -1.40. The molecule has 212 valence electrons. The zero-order valence-electron chi connectivity index (χ0n) is 23.5. The van der Waals surface area contributed by atoms with Crippen molar-refractivity contribution in [2.45, 2.75) is 50.7 Å². The molecule has 0 spiro atoms. The highest BCUT2D eigenvalue weighted by Crippen LogP contribution is 2.41. The predicted octanol–water partition coefficient (Wildman–Crippen LogP) is 6.10. The summed E-state index contributed by atoms with van der Waals surface area (Å²) in [5.74, 6) is 0.466. The van der Waals surface area contributed by atoms with Crippen molar-refractivity contribution in [3.63, 3.8) is 0 Å². The Hall–Kier alpha value is -3.76. The van der Waals surface area contributed by atoms with Crippen LogP contribution >= 0.6 is 0 Å². The number of carbonyl (C=O) groups is 1. The van der Waals surface area contributed by atoms with E-state index in [9.17, 15) is 9.00 Å². The van der Waals surface area contributed by atoms with Crippen LogP contribution in [-0.2, 0) is 27.1 Å². The number of hydrogen-bond donors (Lipinski definition) is 2. The molecule has 1 aliphatic heterocycles. The number of aryl methyl sites for hydroxylation is 1. The van der Waals surface area contributed by atoms with E-state index < -0.39 is 11.0 Å². The van der Waals surface area contributed by atoms with Gasteiger partial charge in [0.1, 0.15) is 40.0 Å². The second-order valence-electron chi connectivity index (χ2n) is 9.67. The summed E-state index contributed by atoms with van der Waals surface area (Å²) in [5, 5.41) is 6.73. The van der Waals surface area contributed by atoms with Crippen LogP contribution in [0.2, 0.25) is 0 Å². The first-order valence-corrected chi connectivity index (χ1v) is 14.3. The Morgan fingerprint density at radius 3 is 2.70 bits per heavy atom. The lowest BCUT2D eigenvalue weighted by Gasteiger charge is -2.24. The van der Waals surface area contributed by atoms with E-state index in [2.05, 4.69) is 16.5 Å². The Balaban J connectivity index is 1.75. The molecule has 0 aromatic heterocycles. The highest BCUT2D eigenvalue weighted by atomic mass is 32.2. The fraction of sp³-hybridized carbons (Fsp3) is 0.367. The first-order valence-electron chi connectivity index (χ1n) is 13.2. The Bertz CT molecular complexity index is 1410.